The Kier molecular flexibility index (Phi) is 4.68. The third kappa shape index (κ3) is 3.44. The third-order valence-electron chi connectivity index (χ3n) is 2.55. The van der Waals surface area contributed by atoms with Gasteiger partial charge in [0.2, 0.25) is 0 Å². The van der Waals surface area contributed by atoms with Gasteiger partial charge >= 0.3 is 0 Å². The van der Waals surface area contributed by atoms with Crippen LogP contribution < -0.4 is 4.90 Å². The molecule has 0 aliphatic heterocycles. The number of anilines is 1. The average Bonchev–Trinajstić information content (AvgIpc) is 2.34. The Labute approximate surface area is 108 Å². The van der Waals surface area contributed by atoms with E-state index in [2.05, 4.69) is 11.1 Å². The van der Waals surface area contributed by atoms with E-state index in [1.165, 1.54) is 6.07 Å². The van der Waals surface area contributed by atoms with Crippen LogP contribution >= 0.6 is 0 Å². The average molecular weight is 267 g/mol. The quantitative estimate of drug-likeness (QED) is 0.807. The molecular formula is C12H17N3O2S. The maximum Gasteiger partial charge on any atom is 0.179 e. The largest absolute Gasteiger partial charge is 0.355 e. The molecule has 0 saturated carbocycles. The molecule has 1 aromatic rings. The fraction of sp³-hybridized carbons (Fsp3) is 0.500. The summed E-state index contributed by atoms with van der Waals surface area (Å²) in [6, 6.07) is 5.28. The Balaban J connectivity index is 3.19. The molecule has 0 spiro atoms. The number of nitriles is 1. The van der Waals surface area contributed by atoms with Crippen LogP contribution in [0.4, 0.5) is 5.82 Å². The minimum Gasteiger partial charge on any atom is -0.355 e. The van der Waals surface area contributed by atoms with Gasteiger partial charge in [-0.05, 0) is 26.0 Å². The molecule has 18 heavy (non-hydrogen) atoms. The van der Waals surface area contributed by atoms with E-state index < -0.39 is 9.84 Å². The van der Waals surface area contributed by atoms with E-state index in [1.807, 2.05) is 11.8 Å². The summed E-state index contributed by atoms with van der Waals surface area (Å²) >= 11 is 0. The molecule has 1 atom stereocenters. The van der Waals surface area contributed by atoms with Crippen LogP contribution in [0.15, 0.2) is 23.2 Å². The lowest BCUT2D eigenvalue weighted by Crippen LogP contribution is -2.30. The number of aromatic nitrogens is 1. The van der Waals surface area contributed by atoms with E-state index in [0.717, 1.165) is 6.26 Å². The summed E-state index contributed by atoms with van der Waals surface area (Å²) in [7, 11) is -3.32. The van der Waals surface area contributed by atoms with Gasteiger partial charge in [-0.2, -0.15) is 5.26 Å². The van der Waals surface area contributed by atoms with Crippen molar-refractivity contribution in [2.45, 2.75) is 18.7 Å². The van der Waals surface area contributed by atoms with Crippen LogP contribution in [-0.2, 0) is 9.84 Å². The fourth-order valence-electron chi connectivity index (χ4n) is 1.65. The predicted molar refractivity (Wildman–Crippen MR) is 70.0 cm³/mol. The second kappa shape index (κ2) is 5.83. The summed E-state index contributed by atoms with van der Waals surface area (Å²) in [4.78, 5) is 6.16. The Morgan fingerprint density at radius 1 is 1.56 bits per heavy atom. The first kappa shape index (κ1) is 14.5. The molecule has 0 fully saturated rings. The van der Waals surface area contributed by atoms with Gasteiger partial charge in [0.25, 0.3) is 0 Å². The van der Waals surface area contributed by atoms with Crippen LogP contribution in [0.2, 0.25) is 0 Å². The number of sulfone groups is 1. The molecule has 0 aromatic carbocycles. The maximum absolute atomic E-state index is 11.7. The highest BCUT2D eigenvalue weighted by Crippen LogP contribution is 2.22. The summed E-state index contributed by atoms with van der Waals surface area (Å²) in [5.41, 5.74) is 0. The molecule has 0 bridgehead atoms. The Bertz CT molecular complexity index is 549. The van der Waals surface area contributed by atoms with Gasteiger partial charge in [0.05, 0.1) is 12.0 Å². The second-order valence-corrected chi connectivity index (χ2v) is 6.15. The zero-order valence-electron chi connectivity index (χ0n) is 10.8. The van der Waals surface area contributed by atoms with Gasteiger partial charge in [0.1, 0.15) is 10.7 Å². The molecule has 6 heteroatoms. The molecule has 1 rings (SSSR count). The molecule has 0 N–H and O–H groups in total. The van der Waals surface area contributed by atoms with Gasteiger partial charge in [0, 0.05) is 25.5 Å². The molecule has 1 unspecified atom stereocenters. The van der Waals surface area contributed by atoms with Crippen molar-refractivity contribution in [1.82, 2.24) is 4.98 Å². The highest BCUT2D eigenvalue weighted by molar-refractivity contribution is 7.90. The van der Waals surface area contributed by atoms with Gasteiger partial charge in [-0.15, -0.1) is 0 Å². The van der Waals surface area contributed by atoms with E-state index >= 15 is 0 Å². The van der Waals surface area contributed by atoms with Crippen molar-refractivity contribution < 1.29 is 8.42 Å². The van der Waals surface area contributed by atoms with Crippen molar-refractivity contribution in [3.8, 4) is 6.07 Å². The van der Waals surface area contributed by atoms with Gasteiger partial charge in [-0.3, -0.25) is 0 Å². The number of pyridine rings is 1. The minimum atomic E-state index is -3.32. The zero-order chi connectivity index (χ0) is 13.8. The monoisotopic (exact) mass is 267 g/mol. The summed E-state index contributed by atoms with van der Waals surface area (Å²) in [5, 5.41) is 8.84. The second-order valence-electron chi connectivity index (χ2n) is 4.17. The van der Waals surface area contributed by atoms with E-state index in [4.69, 9.17) is 5.26 Å². The number of hydrogen-bond acceptors (Lipinski definition) is 5. The minimum absolute atomic E-state index is 0.181. The normalized spacial score (nSPS) is 12.8. The number of hydrogen-bond donors (Lipinski definition) is 0. The van der Waals surface area contributed by atoms with Gasteiger partial charge in [-0.25, -0.2) is 13.4 Å². The van der Waals surface area contributed by atoms with Crippen molar-refractivity contribution >= 4 is 15.7 Å². The maximum atomic E-state index is 11.7. The highest BCUT2D eigenvalue weighted by atomic mass is 32.2. The summed E-state index contributed by atoms with van der Waals surface area (Å²) in [5.74, 6) is 0.240. The lowest BCUT2D eigenvalue weighted by Gasteiger charge is -2.24. The smallest absolute Gasteiger partial charge is 0.179 e. The number of rotatable bonds is 5. The summed E-state index contributed by atoms with van der Waals surface area (Å²) < 4.78 is 23.4. The molecule has 5 nitrogen and oxygen atoms in total. The van der Waals surface area contributed by atoms with E-state index in [-0.39, 0.29) is 10.8 Å². The van der Waals surface area contributed by atoms with Crippen LogP contribution in [0, 0.1) is 17.2 Å². The van der Waals surface area contributed by atoms with Crippen molar-refractivity contribution in [2.24, 2.45) is 5.92 Å². The summed E-state index contributed by atoms with van der Waals surface area (Å²) in [6.07, 6.45) is 2.72. The molecular weight excluding hydrogens is 250 g/mol. The van der Waals surface area contributed by atoms with Gasteiger partial charge < -0.3 is 4.90 Å². The van der Waals surface area contributed by atoms with Crippen LogP contribution in [0.1, 0.15) is 13.8 Å². The molecule has 0 amide bonds. The Hall–Kier alpha value is -1.61. The van der Waals surface area contributed by atoms with Crippen molar-refractivity contribution in [1.29, 1.82) is 5.26 Å². The number of nitrogens with zero attached hydrogens (tertiary/aromatic N) is 3. The van der Waals surface area contributed by atoms with Crippen molar-refractivity contribution in [3.05, 3.63) is 18.3 Å². The molecule has 0 radical (unpaired) electrons. The first-order chi connectivity index (χ1) is 8.40. The molecule has 0 aliphatic rings. The standard InChI is InChI=1S/C12H17N3O2S/c1-4-15(9-10(2)8-13)12-11(18(3,16)17)6-5-7-14-12/h5-7,10H,4,9H2,1-3H3. The lowest BCUT2D eigenvalue weighted by molar-refractivity contribution is 0.599. The first-order valence-corrected chi connectivity index (χ1v) is 7.59. The molecule has 1 heterocycles. The van der Waals surface area contributed by atoms with Crippen molar-refractivity contribution in [2.75, 3.05) is 24.2 Å². The predicted octanol–water partition coefficient (Wildman–Crippen LogP) is 1.47. The SMILES string of the molecule is CCN(CC(C)C#N)c1ncccc1S(C)(=O)=O. The van der Waals surface area contributed by atoms with Crippen LogP contribution in [-0.4, -0.2) is 32.7 Å². The van der Waals surface area contributed by atoms with E-state index in [0.29, 0.717) is 18.9 Å². The van der Waals surface area contributed by atoms with Gasteiger partial charge in [-0.1, -0.05) is 0 Å². The fourth-order valence-corrected chi connectivity index (χ4v) is 2.49. The highest BCUT2D eigenvalue weighted by Gasteiger charge is 2.19. The molecule has 1 aromatic heterocycles. The van der Waals surface area contributed by atoms with Crippen LogP contribution in [0.5, 0.6) is 0 Å². The molecule has 0 saturated heterocycles. The summed E-state index contributed by atoms with van der Waals surface area (Å²) in [6.45, 7) is 4.77. The van der Waals surface area contributed by atoms with Gasteiger partial charge in [0.15, 0.2) is 9.84 Å². The Morgan fingerprint density at radius 3 is 2.72 bits per heavy atom. The van der Waals surface area contributed by atoms with Crippen LogP contribution in [0.25, 0.3) is 0 Å². The Morgan fingerprint density at radius 2 is 2.22 bits per heavy atom. The molecule has 0 aliphatic carbocycles. The van der Waals surface area contributed by atoms with Crippen LogP contribution in [0.3, 0.4) is 0 Å². The van der Waals surface area contributed by atoms with E-state index in [1.54, 1.807) is 19.2 Å². The van der Waals surface area contributed by atoms with Crippen molar-refractivity contribution in [3.63, 3.8) is 0 Å². The zero-order valence-corrected chi connectivity index (χ0v) is 11.6. The van der Waals surface area contributed by atoms with E-state index in [9.17, 15) is 8.42 Å². The third-order valence-corrected chi connectivity index (χ3v) is 3.66. The lowest BCUT2D eigenvalue weighted by atomic mass is 10.2. The molecule has 98 valence electrons. The first-order valence-electron chi connectivity index (χ1n) is 5.69. The topological polar surface area (TPSA) is 74.1 Å².